The van der Waals surface area contributed by atoms with Crippen LogP contribution >= 0.6 is 34.4 Å². The minimum atomic E-state index is -0.109. The number of anilines is 2. The summed E-state index contributed by atoms with van der Waals surface area (Å²) in [6.07, 6.45) is 0. The molecule has 0 aromatic carbocycles. The Kier molecular flexibility index (Phi) is 5.41. The van der Waals surface area contributed by atoms with E-state index in [4.69, 9.17) is 0 Å². The van der Waals surface area contributed by atoms with Crippen molar-refractivity contribution in [1.29, 1.82) is 0 Å². The molecule has 11 heteroatoms. The molecule has 1 saturated heterocycles. The first-order chi connectivity index (χ1) is 11.1. The van der Waals surface area contributed by atoms with Gasteiger partial charge in [0.15, 0.2) is 4.34 Å². The number of nitrogens with zero attached hydrogens (tertiary/aromatic N) is 6. The normalized spacial score (nSPS) is 15.8. The summed E-state index contributed by atoms with van der Waals surface area (Å²) in [7, 11) is 2.12. The van der Waals surface area contributed by atoms with Crippen molar-refractivity contribution in [3.8, 4) is 0 Å². The Bertz CT molecular complexity index is 665. The summed E-state index contributed by atoms with van der Waals surface area (Å²) in [4.78, 5) is 16.4. The van der Waals surface area contributed by atoms with Gasteiger partial charge in [-0.25, -0.2) is 0 Å². The van der Waals surface area contributed by atoms with Gasteiger partial charge < -0.3 is 9.80 Å². The lowest BCUT2D eigenvalue weighted by molar-refractivity contribution is -0.113. The fraction of sp³-hybridized carbons (Fsp3) is 0.583. The number of carbonyl (C=O) groups excluding carboxylic acids is 1. The van der Waals surface area contributed by atoms with E-state index in [1.165, 1.54) is 34.4 Å². The third-order valence-electron chi connectivity index (χ3n) is 3.27. The molecule has 3 heterocycles. The highest BCUT2D eigenvalue weighted by molar-refractivity contribution is 8.01. The maximum Gasteiger partial charge on any atom is 0.236 e. The molecule has 0 aliphatic carbocycles. The van der Waals surface area contributed by atoms with Gasteiger partial charge in [-0.3, -0.25) is 10.1 Å². The van der Waals surface area contributed by atoms with Gasteiger partial charge in [-0.15, -0.1) is 20.4 Å². The monoisotopic (exact) mass is 371 g/mol. The summed E-state index contributed by atoms with van der Waals surface area (Å²) in [6, 6.07) is 0. The van der Waals surface area contributed by atoms with E-state index >= 15 is 0 Å². The molecule has 3 rings (SSSR count). The summed E-state index contributed by atoms with van der Waals surface area (Å²) in [5.74, 6) is 0.179. The zero-order valence-electron chi connectivity index (χ0n) is 12.9. The van der Waals surface area contributed by atoms with Crippen LogP contribution in [0, 0.1) is 6.92 Å². The molecule has 23 heavy (non-hydrogen) atoms. The van der Waals surface area contributed by atoms with Crippen molar-refractivity contribution in [3.63, 3.8) is 0 Å². The zero-order chi connectivity index (χ0) is 16.2. The van der Waals surface area contributed by atoms with Crippen molar-refractivity contribution >= 4 is 50.6 Å². The molecule has 0 bridgehead atoms. The number of hydrogen-bond acceptors (Lipinski definition) is 10. The molecule has 0 saturated carbocycles. The maximum atomic E-state index is 11.9. The third kappa shape index (κ3) is 4.59. The molecular formula is C12H17N7OS3. The zero-order valence-corrected chi connectivity index (χ0v) is 15.3. The van der Waals surface area contributed by atoms with E-state index < -0.39 is 0 Å². The van der Waals surface area contributed by atoms with E-state index in [0.717, 1.165) is 40.7 Å². The molecule has 124 valence electrons. The molecule has 2 aromatic rings. The SMILES string of the molecule is Cc1nnc(NC(=O)CSc2nnc(N3CCN(C)CC3)s2)s1. The summed E-state index contributed by atoms with van der Waals surface area (Å²) >= 11 is 4.29. The Balaban J connectivity index is 1.48. The lowest BCUT2D eigenvalue weighted by atomic mass is 10.3. The first-order valence-electron chi connectivity index (χ1n) is 7.10. The second-order valence-corrected chi connectivity index (χ2v) is 8.46. The number of rotatable bonds is 5. The van der Waals surface area contributed by atoms with Gasteiger partial charge in [-0.05, 0) is 14.0 Å². The summed E-state index contributed by atoms with van der Waals surface area (Å²) in [5.41, 5.74) is 0. The quantitative estimate of drug-likeness (QED) is 0.784. The molecule has 0 atom stereocenters. The van der Waals surface area contributed by atoms with E-state index in [2.05, 4.69) is 42.6 Å². The summed E-state index contributed by atoms with van der Waals surface area (Å²) in [6.45, 7) is 5.85. The molecule has 1 fully saturated rings. The van der Waals surface area contributed by atoms with Crippen LogP contribution in [0.3, 0.4) is 0 Å². The lowest BCUT2D eigenvalue weighted by Gasteiger charge is -2.31. The van der Waals surface area contributed by atoms with Crippen molar-refractivity contribution < 1.29 is 4.79 Å². The van der Waals surface area contributed by atoms with E-state index in [1.54, 1.807) is 0 Å². The Labute approximate surface area is 146 Å². The molecule has 0 spiro atoms. The van der Waals surface area contributed by atoms with Gasteiger partial charge in [-0.1, -0.05) is 34.4 Å². The van der Waals surface area contributed by atoms with Crippen LogP contribution in [0.1, 0.15) is 5.01 Å². The van der Waals surface area contributed by atoms with E-state index in [-0.39, 0.29) is 11.7 Å². The molecule has 0 unspecified atom stereocenters. The molecule has 8 nitrogen and oxygen atoms in total. The number of hydrogen-bond donors (Lipinski definition) is 1. The number of carbonyl (C=O) groups is 1. The molecule has 1 amide bonds. The van der Waals surface area contributed by atoms with Crippen LogP contribution in [0.4, 0.5) is 10.3 Å². The van der Waals surface area contributed by atoms with Crippen molar-refractivity contribution in [2.45, 2.75) is 11.3 Å². The van der Waals surface area contributed by atoms with Gasteiger partial charge in [0.2, 0.25) is 16.2 Å². The summed E-state index contributed by atoms with van der Waals surface area (Å²) < 4.78 is 0.808. The van der Waals surface area contributed by atoms with Crippen molar-refractivity contribution in [2.24, 2.45) is 0 Å². The fourth-order valence-electron chi connectivity index (χ4n) is 2.02. The van der Waals surface area contributed by atoms with Crippen LogP contribution < -0.4 is 10.2 Å². The first kappa shape index (κ1) is 16.6. The molecule has 2 aromatic heterocycles. The molecule has 1 aliphatic heterocycles. The molecule has 1 aliphatic rings. The highest BCUT2D eigenvalue weighted by Crippen LogP contribution is 2.28. The van der Waals surface area contributed by atoms with Crippen LogP contribution in [0.5, 0.6) is 0 Å². The fourth-order valence-corrected chi connectivity index (χ4v) is 4.32. The standard InChI is InChI=1S/C12H17N7OS3/c1-8-14-15-10(22-8)13-9(20)7-21-12-17-16-11(23-12)19-5-3-18(2)4-6-19/h3-7H2,1-2H3,(H,13,15,20). The van der Waals surface area contributed by atoms with E-state index in [0.29, 0.717) is 5.13 Å². The van der Waals surface area contributed by atoms with Crippen LogP contribution in [-0.2, 0) is 4.79 Å². The minimum Gasteiger partial charge on any atom is -0.344 e. The number of thioether (sulfide) groups is 1. The second-order valence-electron chi connectivity index (χ2n) is 5.10. The predicted molar refractivity (Wildman–Crippen MR) is 93.6 cm³/mol. The Morgan fingerprint density at radius 1 is 1.17 bits per heavy atom. The maximum absolute atomic E-state index is 11.9. The smallest absolute Gasteiger partial charge is 0.236 e. The number of aromatic nitrogens is 4. The highest BCUT2D eigenvalue weighted by atomic mass is 32.2. The highest BCUT2D eigenvalue weighted by Gasteiger charge is 2.18. The van der Waals surface area contributed by atoms with Crippen LogP contribution in [0.15, 0.2) is 4.34 Å². The average molecular weight is 372 g/mol. The number of likely N-dealkylation sites (N-methyl/N-ethyl adjacent to an activating group) is 1. The number of nitrogens with one attached hydrogen (secondary N) is 1. The largest absolute Gasteiger partial charge is 0.344 e. The molecule has 0 radical (unpaired) electrons. The average Bonchev–Trinajstić information content (AvgIpc) is 3.15. The number of aryl methyl sites for hydroxylation is 1. The van der Waals surface area contributed by atoms with Gasteiger partial charge in [0, 0.05) is 26.2 Å². The van der Waals surface area contributed by atoms with Crippen molar-refractivity contribution in [3.05, 3.63) is 5.01 Å². The van der Waals surface area contributed by atoms with Crippen molar-refractivity contribution in [2.75, 3.05) is 49.2 Å². The Morgan fingerprint density at radius 3 is 2.65 bits per heavy atom. The topological polar surface area (TPSA) is 87.1 Å². The van der Waals surface area contributed by atoms with Crippen LogP contribution in [0.2, 0.25) is 0 Å². The Hall–Kier alpha value is -1.30. The van der Waals surface area contributed by atoms with E-state index in [9.17, 15) is 4.79 Å². The number of piperazine rings is 1. The van der Waals surface area contributed by atoms with Gasteiger partial charge in [0.25, 0.3) is 0 Å². The predicted octanol–water partition coefficient (Wildman–Crippen LogP) is 1.18. The van der Waals surface area contributed by atoms with Crippen LogP contribution in [-0.4, -0.2) is 70.2 Å². The van der Waals surface area contributed by atoms with Crippen LogP contribution in [0.25, 0.3) is 0 Å². The first-order valence-corrected chi connectivity index (χ1v) is 9.72. The van der Waals surface area contributed by atoms with Gasteiger partial charge in [0.05, 0.1) is 5.75 Å². The molecular weight excluding hydrogens is 354 g/mol. The molecule has 1 N–H and O–H groups in total. The van der Waals surface area contributed by atoms with Gasteiger partial charge in [0.1, 0.15) is 5.01 Å². The lowest BCUT2D eigenvalue weighted by Crippen LogP contribution is -2.44. The van der Waals surface area contributed by atoms with E-state index in [1.807, 2.05) is 6.92 Å². The van der Waals surface area contributed by atoms with Crippen molar-refractivity contribution in [1.82, 2.24) is 25.3 Å². The second kappa shape index (κ2) is 7.51. The number of amides is 1. The van der Waals surface area contributed by atoms with Gasteiger partial charge in [-0.2, -0.15) is 0 Å². The minimum absolute atomic E-state index is 0.109. The third-order valence-corrected chi connectivity index (χ3v) is 6.14. The summed E-state index contributed by atoms with van der Waals surface area (Å²) in [5, 5.41) is 21.2. The van der Waals surface area contributed by atoms with Gasteiger partial charge >= 0.3 is 0 Å². The Morgan fingerprint density at radius 2 is 1.96 bits per heavy atom.